The predicted molar refractivity (Wildman–Crippen MR) is 79.1 cm³/mol. The van der Waals surface area contributed by atoms with Crippen molar-refractivity contribution in [2.75, 3.05) is 7.05 Å². The van der Waals surface area contributed by atoms with Gasteiger partial charge in [0.25, 0.3) is 5.91 Å². The van der Waals surface area contributed by atoms with Crippen LogP contribution < -0.4 is 5.56 Å². The van der Waals surface area contributed by atoms with E-state index in [4.69, 9.17) is 4.42 Å². The van der Waals surface area contributed by atoms with Gasteiger partial charge in [-0.3, -0.25) is 9.59 Å². The number of furan rings is 1. The van der Waals surface area contributed by atoms with Gasteiger partial charge in [-0.25, -0.2) is 0 Å². The van der Waals surface area contributed by atoms with Crippen LogP contribution in [0.25, 0.3) is 10.9 Å². The molecule has 0 saturated heterocycles. The van der Waals surface area contributed by atoms with E-state index >= 15 is 0 Å². The summed E-state index contributed by atoms with van der Waals surface area (Å²) in [6, 6.07) is 12.3. The average molecular weight is 282 g/mol. The number of aromatic amines is 1. The van der Waals surface area contributed by atoms with E-state index < -0.39 is 0 Å². The summed E-state index contributed by atoms with van der Waals surface area (Å²) in [5.41, 5.74) is 1.39. The summed E-state index contributed by atoms with van der Waals surface area (Å²) in [7, 11) is 1.68. The molecule has 0 saturated carbocycles. The number of benzene rings is 1. The molecule has 106 valence electrons. The molecule has 1 aromatic carbocycles. The quantitative estimate of drug-likeness (QED) is 0.802. The summed E-state index contributed by atoms with van der Waals surface area (Å²) in [6.45, 7) is 0.337. The van der Waals surface area contributed by atoms with Gasteiger partial charge in [-0.1, -0.05) is 18.2 Å². The van der Waals surface area contributed by atoms with Crippen LogP contribution in [0.3, 0.4) is 0 Å². The van der Waals surface area contributed by atoms with E-state index in [1.165, 1.54) is 17.2 Å². The molecular formula is C16H14N2O3. The van der Waals surface area contributed by atoms with Gasteiger partial charge in [0.05, 0.1) is 6.26 Å². The number of carbonyl (C=O) groups is 1. The number of amides is 1. The molecule has 0 aliphatic heterocycles. The monoisotopic (exact) mass is 282 g/mol. The van der Waals surface area contributed by atoms with Crippen LogP contribution in [-0.2, 0) is 6.54 Å². The maximum Gasteiger partial charge on any atom is 0.289 e. The molecule has 0 unspecified atom stereocenters. The summed E-state index contributed by atoms with van der Waals surface area (Å²) < 4.78 is 5.11. The minimum absolute atomic E-state index is 0.178. The Labute approximate surface area is 120 Å². The molecule has 2 aromatic heterocycles. The van der Waals surface area contributed by atoms with Crippen molar-refractivity contribution in [1.82, 2.24) is 9.88 Å². The van der Waals surface area contributed by atoms with E-state index in [1.54, 1.807) is 19.2 Å². The molecule has 3 rings (SSSR count). The zero-order chi connectivity index (χ0) is 14.8. The number of para-hydroxylation sites is 1. The molecule has 0 aliphatic rings. The number of nitrogens with zero attached hydrogens (tertiary/aromatic N) is 1. The third kappa shape index (κ3) is 2.58. The van der Waals surface area contributed by atoms with E-state index in [-0.39, 0.29) is 17.2 Å². The maximum atomic E-state index is 12.2. The summed E-state index contributed by atoms with van der Waals surface area (Å²) in [4.78, 5) is 28.2. The molecule has 0 aliphatic carbocycles. The van der Waals surface area contributed by atoms with Crippen molar-refractivity contribution >= 4 is 16.8 Å². The first-order valence-corrected chi connectivity index (χ1v) is 6.55. The number of aromatic nitrogens is 1. The summed E-state index contributed by atoms with van der Waals surface area (Å²) in [6.07, 6.45) is 1.46. The first kappa shape index (κ1) is 13.2. The molecule has 1 amide bonds. The fourth-order valence-electron chi connectivity index (χ4n) is 2.32. The van der Waals surface area contributed by atoms with E-state index in [1.807, 2.05) is 24.3 Å². The van der Waals surface area contributed by atoms with Crippen molar-refractivity contribution in [2.45, 2.75) is 6.54 Å². The molecule has 0 bridgehead atoms. The second-order valence-electron chi connectivity index (χ2n) is 4.84. The van der Waals surface area contributed by atoms with E-state index in [2.05, 4.69) is 4.98 Å². The van der Waals surface area contributed by atoms with Gasteiger partial charge < -0.3 is 14.3 Å². The first-order valence-electron chi connectivity index (χ1n) is 6.55. The van der Waals surface area contributed by atoms with Gasteiger partial charge in [0.15, 0.2) is 5.76 Å². The Morgan fingerprint density at radius 3 is 2.81 bits per heavy atom. The van der Waals surface area contributed by atoms with Gasteiger partial charge in [-0.15, -0.1) is 0 Å². The van der Waals surface area contributed by atoms with E-state index in [0.29, 0.717) is 6.54 Å². The lowest BCUT2D eigenvalue weighted by Crippen LogP contribution is -2.26. The van der Waals surface area contributed by atoms with Crippen molar-refractivity contribution in [2.24, 2.45) is 0 Å². The number of fused-ring (bicyclic) bond motifs is 1. The number of rotatable bonds is 3. The molecule has 1 N–H and O–H groups in total. The predicted octanol–water partition coefficient (Wildman–Crippen LogP) is 2.39. The third-order valence-corrected chi connectivity index (χ3v) is 3.32. The van der Waals surface area contributed by atoms with Crippen LogP contribution in [0, 0.1) is 0 Å². The lowest BCUT2D eigenvalue weighted by molar-refractivity contribution is 0.0754. The van der Waals surface area contributed by atoms with E-state index in [9.17, 15) is 9.59 Å². The maximum absolute atomic E-state index is 12.2. The Kier molecular flexibility index (Phi) is 3.31. The lowest BCUT2D eigenvalue weighted by Gasteiger charge is -2.17. The van der Waals surface area contributed by atoms with Crippen LogP contribution in [0.1, 0.15) is 16.1 Å². The Morgan fingerprint density at radius 1 is 1.24 bits per heavy atom. The van der Waals surface area contributed by atoms with E-state index in [0.717, 1.165) is 16.5 Å². The van der Waals surface area contributed by atoms with Crippen molar-refractivity contribution in [3.8, 4) is 0 Å². The zero-order valence-electron chi connectivity index (χ0n) is 11.5. The van der Waals surface area contributed by atoms with Crippen molar-refractivity contribution in [3.05, 3.63) is 70.4 Å². The SMILES string of the molecule is CN(Cc1cc(=O)[nH]c2ccccc12)C(=O)c1ccco1. The number of hydrogen-bond acceptors (Lipinski definition) is 3. The molecule has 21 heavy (non-hydrogen) atoms. The highest BCUT2D eigenvalue weighted by Gasteiger charge is 2.15. The second kappa shape index (κ2) is 5.28. The average Bonchev–Trinajstić information content (AvgIpc) is 3.00. The summed E-state index contributed by atoms with van der Waals surface area (Å²) >= 11 is 0. The Morgan fingerprint density at radius 2 is 2.05 bits per heavy atom. The van der Waals surface area contributed by atoms with Crippen molar-refractivity contribution in [1.29, 1.82) is 0 Å². The van der Waals surface area contributed by atoms with Gasteiger partial charge in [0, 0.05) is 30.6 Å². The Hall–Kier alpha value is -2.82. The standard InChI is InChI=1S/C16H14N2O3/c1-18(16(20)14-7-4-8-21-14)10-11-9-15(19)17-13-6-3-2-5-12(11)13/h2-9H,10H2,1H3,(H,17,19). The van der Waals surface area contributed by atoms with Gasteiger partial charge in [0.1, 0.15) is 0 Å². The fraction of sp³-hybridized carbons (Fsp3) is 0.125. The number of hydrogen-bond donors (Lipinski definition) is 1. The van der Waals surface area contributed by atoms with Crippen LogP contribution in [0.15, 0.2) is 57.9 Å². The number of nitrogens with one attached hydrogen (secondary N) is 1. The largest absolute Gasteiger partial charge is 0.459 e. The van der Waals surface area contributed by atoms with Gasteiger partial charge in [-0.2, -0.15) is 0 Å². The zero-order valence-corrected chi connectivity index (χ0v) is 11.5. The molecule has 0 atom stereocenters. The number of pyridine rings is 1. The molecule has 3 aromatic rings. The molecule has 0 spiro atoms. The summed E-state index contributed by atoms with van der Waals surface area (Å²) in [5.74, 6) is 0.0657. The lowest BCUT2D eigenvalue weighted by atomic mass is 10.1. The van der Waals surface area contributed by atoms with Crippen LogP contribution in [0.2, 0.25) is 0 Å². The summed E-state index contributed by atoms with van der Waals surface area (Å²) in [5, 5.41) is 0.927. The highest BCUT2D eigenvalue weighted by molar-refractivity contribution is 5.91. The molecule has 5 heteroatoms. The third-order valence-electron chi connectivity index (χ3n) is 3.32. The topological polar surface area (TPSA) is 66.3 Å². The Bertz CT molecular complexity index is 834. The van der Waals surface area contributed by atoms with Gasteiger partial charge >= 0.3 is 0 Å². The molecule has 2 heterocycles. The highest BCUT2D eigenvalue weighted by atomic mass is 16.3. The van der Waals surface area contributed by atoms with Crippen molar-refractivity contribution < 1.29 is 9.21 Å². The number of carbonyl (C=O) groups excluding carboxylic acids is 1. The molecule has 0 fully saturated rings. The Balaban J connectivity index is 1.94. The number of H-pyrrole nitrogens is 1. The minimum atomic E-state index is -0.218. The van der Waals surface area contributed by atoms with Gasteiger partial charge in [0.2, 0.25) is 5.56 Å². The minimum Gasteiger partial charge on any atom is -0.459 e. The second-order valence-corrected chi connectivity index (χ2v) is 4.84. The van der Waals surface area contributed by atoms with Crippen LogP contribution in [0.4, 0.5) is 0 Å². The normalized spacial score (nSPS) is 10.7. The molecular weight excluding hydrogens is 268 g/mol. The van der Waals surface area contributed by atoms with Crippen LogP contribution >= 0.6 is 0 Å². The molecule has 0 radical (unpaired) electrons. The highest BCUT2D eigenvalue weighted by Crippen LogP contribution is 2.17. The smallest absolute Gasteiger partial charge is 0.289 e. The molecule has 5 nitrogen and oxygen atoms in total. The van der Waals surface area contributed by atoms with Crippen LogP contribution in [-0.4, -0.2) is 22.8 Å². The fourth-order valence-corrected chi connectivity index (χ4v) is 2.32. The first-order chi connectivity index (χ1) is 10.1. The van der Waals surface area contributed by atoms with Gasteiger partial charge in [-0.05, 0) is 23.8 Å². The van der Waals surface area contributed by atoms with Crippen molar-refractivity contribution in [3.63, 3.8) is 0 Å². The van der Waals surface area contributed by atoms with Crippen LogP contribution in [0.5, 0.6) is 0 Å².